The minimum Gasteiger partial charge on any atom is -0.326 e. The molecule has 0 aliphatic heterocycles. The average molecular weight is 298 g/mol. The Labute approximate surface area is 120 Å². The van der Waals surface area contributed by atoms with Crippen molar-refractivity contribution in [2.45, 2.75) is 6.42 Å². The Balaban J connectivity index is 2.05. The fourth-order valence-corrected chi connectivity index (χ4v) is 2.08. The Morgan fingerprint density at radius 3 is 2.63 bits per heavy atom. The highest BCUT2D eigenvalue weighted by molar-refractivity contribution is 6.35. The van der Waals surface area contributed by atoms with Gasteiger partial charge in [-0.05, 0) is 35.9 Å². The molecule has 1 amide bonds. The summed E-state index contributed by atoms with van der Waals surface area (Å²) in [5.41, 5.74) is 1.08. The van der Waals surface area contributed by atoms with E-state index >= 15 is 0 Å². The highest BCUT2D eigenvalue weighted by atomic mass is 35.5. The maximum absolute atomic E-state index is 13.0. The van der Waals surface area contributed by atoms with Crippen molar-refractivity contribution in [2.24, 2.45) is 0 Å². The molecular formula is C14H10Cl2FNO. The van der Waals surface area contributed by atoms with Crippen molar-refractivity contribution in [1.29, 1.82) is 0 Å². The molecule has 0 fully saturated rings. The number of carbonyl (C=O) groups excluding carboxylic acids is 1. The zero-order valence-electron chi connectivity index (χ0n) is 9.79. The summed E-state index contributed by atoms with van der Waals surface area (Å²) in [4.78, 5) is 11.8. The van der Waals surface area contributed by atoms with Crippen LogP contribution in [0.2, 0.25) is 10.0 Å². The topological polar surface area (TPSA) is 29.1 Å². The molecule has 0 aliphatic rings. The van der Waals surface area contributed by atoms with Crippen LogP contribution in [0.5, 0.6) is 0 Å². The van der Waals surface area contributed by atoms with Gasteiger partial charge in [0.1, 0.15) is 5.82 Å². The lowest BCUT2D eigenvalue weighted by molar-refractivity contribution is -0.115. The molecule has 0 atom stereocenters. The van der Waals surface area contributed by atoms with Gasteiger partial charge in [0.25, 0.3) is 0 Å². The third-order valence-electron chi connectivity index (χ3n) is 2.47. The summed E-state index contributed by atoms with van der Waals surface area (Å²) in [7, 11) is 0. The number of hydrogen-bond acceptors (Lipinski definition) is 1. The molecule has 2 nitrogen and oxygen atoms in total. The van der Waals surface area contributed by atoms with Crippen molar-refractivity contribution in [3.05, 3.63) is 63.9 Å². The lowest BCUT2D eigenvalue weighted by atomic mass is 10.1. The van der Waals surface area contributed by atoms with Crippen LogP contribution in [-0.2, 0) is 11.2 Å². The molecule has 0 saturated heterocycles. The van der Waals surface area contributed by atoms with Gasteiger partial charge in [-0.25, -0.2) is 4.39 Å². The zero-order valence-corrected chi connectivity index (χ0v) is 11.3. The number of halogens is 3. The van der Waals surface area contributed by atoms with Crippen LogP contribution in [0.15, 0.2) is 42.5 Å². The highest BCUT2D eigenvalue weighted by Gasteiger charge is 2.08. The molecule has 0 bridgehead atoms. The molecule has 19 heavy (non-hydrogen) atoms. The zero-order chi connectivity index (χ0) is 13.8. The standard InChI is InChI=1S/C14H10Cl2FNO/c15-10-5-4-9(13(16)7-10)6-14(19)18-12-3-1-2-11(17)8-12/h1-5,7-8H,6H2,(H,18,19). The molecule has 0 unspecified atom stereocenters. The molecular weight excluding hydrogens is 288 g/mol. The Kier molecular flexibility index (Phi) is 4.40. The quantitative estimate of drug-likeness (QED) is 0.898. The summed E-state index contributed by atoms with van der Waals surface area (Å²) in [5.74, 6) is -0.669. The number of benzene rings is 2. The molecule has 0 spiro atoms. The summed E-state index contributed by atoms with van der Waals surface area (Å²) in [6, 6.07) is 10.6. The monoisotopic (exact) mass is 297 g/mol. The normalized spacial score (nSPS) is 10.3. The van der Waals surface area contributed by atoms with Crippen LogP contribution in [0.1, 0.15) is 5.56 Å². The molecule has 0 aliphatic carbocycles. The van der Waals surface area contributed by atoms with Gasteiger partial charge in [0.2, 0.25) is 5.91 Å². The van der Waals surface area contributed by atoms with Crippen molar-refractivity contribution < 1.29 is 9.18 Å². The number of hydrogen-bond donors (Lipinski definition) is 1. The van der Waals surface area contributed by atoms with E-state index in [4.69, 9.17) is 23.2 Å². The van der Waals surface area contributed by atoms with Gasteiger partial charge in [-0.1, -0.05) is 35.3 Å². The maximum atomic E-state index is 13.0. The van der Waals surface area contributed by atoms with Crippen molar-refractivity contribution in [3.8, 4) is 0 Å². The number of carbonyl (C=O) groups is 1. The minimum atomic E-state index is -0.401. The largest absolute Gasteiger partial charge is 0.326 e. The van der Waals surface area contributed by atoms with E-state index in [9.17, 15) is 9.18 Å². The second-order valence-corrected chi connectivity index (χ2v) is 4.81. The predicted octanol–water partition coefficient (Wildman–Crippen LogP) is 4.31. The lowest BCUT2D eigenvalue weighted by Crippen LogP contribution is -2.14. The molecule has 0 radical (unpaired) electrons. The minimum absolute atomic E-state index is 0.104. The molecule has 0 saturated carbocycles. The molecule has 2 aromatic carbocycles. The van der Waals surface area contributed by atoms with Crippen molar-refractivity contribution in [1.82, 2.24) is 0 Å². The lowest BCUT2D eigenvalue weighted by Gasteiger charge is -2.07. The highest BCUT2D eigenvalue weighted by Crippen LogP contribution is 2.21. The SMILES string of the molecule is O=C(Cc1ccc(Cl)cc1Cl)Nc1cccc(F)c1. The molecule has 5 heteroatoms. The van der Waals surface area contributed by atoms with Crippen LogP contribution in [-0.4, -0.2) is 5.91 Å². The van der Waals surface area contributed by atoms with E-state index in [1.165, 1.54) is 18.2 Å². The van der Waals surface area contributed by atoms with E-state index in [0.29, 0.717) is 21.3 Å². The van der Waals surface area contributed by atoms with Gasteiger partial charge >= 0.3 is 0 Å². The first kappa shape index (κ1) is 13.8. The molecule has 0 heterocycles. The summed E-state index contributed by atoms with van der Waals surface area (Å²) in [5, 5.41) is 3.55. The van der Waals surface area contributed by atoms with Crippen LogP contribution in [0.3, 0.4) is 0 Å². The number of nitrogens with one attached hydrogen (secondary N) is 1. The van der Waals surface area contributed by atoms with Crippen molar-refractivity contribution >= 4 is 34.8 Å². The Morgan fingerprint density at radius 2 is 1.95 bits per heavy atom. The molecule has 2 aromatic rings. The Morgan fingerprint density at radius 1 is 1.16 bits per heavy atom. The molecule has 0 aromatic heterocycles. The second-order valence-electron chi connectivity index (χ2n) is 3.97. The van der Waals surface area contributed by atoms with Crippen LogP contribution in [0, 0.1) is 5.82 Å². The van der Waals surface area contributed by atoms with Gasteiger partial charge in [0.05, 0.1) is 6.42 Å². The third-order valence-corrected chi connectivity index (χ3v) is 3.06. The van der Waals surface area contributed by atoms with Crippen LogP contribution in [0.25, 0.3) is 0 Å². The fourth-order valence-electron chi connectivity index (χ4n) is 1.61. The Hall–Kier alpha value is -1.58. The van der Waals surface area contributed by atoms with E-state index in [0.717, 1.165) is 0 Å². The number of rotatable bonds is 3. The summed E-state index contributed by atoms with van der Waals surface area (Å²) < 4.78 is 13.0. The smallest absolute Gasteiger partial charge is 0.228 e. The van der Waals surface area contributed by atoms with Gasteiger partial charge in [-0.15, -0.1) is 0 Å². The van der Waals surface area contributed by atoms with Gasteiger partial charge in [-0.2, -0.15) is 0 Å². The predicted molar refractivity (Wildman–Crippen MR) is 75.2 cm³/mol. The molecule has 98 valence electrons. The van der Waals surface area contributed by atoms with E-state index < -0.39 is 5.82 Å². The van der Waals surface area contributed by atoms with Gasteiger partial charge in [-0.3, -0.25) is 4.79 Å². The fraction of sp³-hybridized carbons (Fsp3) is 0.0714. The number of amides is 1. The summed E-state index contributed by atoms with van der Waals surface area (Å²) in [6.07, 6.45) is 0.104. The Bertz CT molecular complexity index is 616. The maximum Gasteiger partial charge on any atom is 0.228 e. The van der Waals surface area contributed by atoms with Gasteiger partial charge in [0.15, 0.2) is 0 Å². The molecule has 2 rings (SSSR count). The second kappa shape index (κ2) is 6.04. The van der Waals surface area contributed by atoms with Crippen LogP contribution >= 0.6 is 23.2 Å². The van der Waals surface area contributed by atoms with Gasteiger partial charge in [0, 0.05) is 15.7 Å². The van der Waals surface area contributed by atoms with Crippen LogP contribution in [0.4, 0.5) is 10.1 Å². The first-order valence-electron chi connectivity index (χ1n) is 5.54. The summed E-state index contributed by atoms with van der Waals surface area (Å²) >= 11 is 11.8. The first-order valence-corrected chi connectivity index (χ1v) is 6.29. The third kappa shape index (κ3) is 3.94. The molecule has 1 N–H and O–H groups in total. The average Bonchev–Trinajstić information content (AvgIpc) is 2.33. The van der Waals surface area contributed by atoms with E-state index in [-0.39, 0.29) is 12.3 Å². The van der Waals surface area contributed by atoms with E-state index in [1.54, 1.807) is 24.3 Å². The van der Waals surface area contributed by atoms with Crippen molar-refractivity contribution in [3.63, 3.8) is 0 Å². The van der Waals surface area contributed by atoms with Gasteiger partial charge < -0.3 is 5.32 Å². The van der Waals surface area contributed by atoms with E-state index in [1.807, 2.05) is 0 Å². The number of anilines is 1. The summed E-state index contributed by atoms with van der Waals surface area (Å²) in [6.45, 7) is 0. The van der Waals surface area contributed by atoms with Crippen molar-refractivity contribution in [2.75, 3.05) is 5.32 Å². The van der Waals surface area contributed by atoms with E-state index in [2.05, 4.69) is 5.32 Å². The van der Waals surface area contributed by atoms with Crippen LogP contribution < -0.4 is 5.32 Å². The first-order chi connectivity index (χ1) is 9.04.